The van der Waals surface area contributed by atoms with Gasteiger partial charge in [0.15, 0.2) is 6.29 Å². The van der Waals surface area contributed by atoms with Crippen LogP contribution in [0, 0.1) is 0 Å². The number of hydrogen-bond donors (Lipinski definition) is 3. The van der Waals surface area contributed by atoms with Gasteiger partial charge in [-0.25, -0.2) is 0 Å². The number of thiol groups is 1. The molecule has 0 amide bonds. The Morgan fingerprint density at radius 3 is 2.92 bits per heavy atom. The Morgan fingerprint density at radius 2 is 2.50 bits per heavy atom. The molecule has 4 atom stereocenters. The Hall–Kier alpha value is -0.100. The number of aliphatic hydroxyl groups excluding tert-OH is 1. The van der Waals surface area contributed by atoms with Crippen LogP contribution in [0.5, 0.6) is 0 Å². The van der Waals surface area contributed by atoms with Crippen LogP contribution in [0.3, 0.4) is 0 Å². The molecule has 0 saturated carbocycles. The minimum atomic E-state index is -0.763. The Labute approximate surface area is 76.7 Å². The Bertz CT molecular complexity index is 159. The molecule has 1 heterocycles. The van der Waals surface area contributed by atoms with E-state index in [1.807, 2.05) is 6.92 Å². The lowest BCUT2D eigenvalue weighted by atomic mass is 10.1. The number of aliphatic hydroxyl groups is 1. The van der Waals surface area contributed by atoms with E-state index in [2.05, 4.69) is 17.9 Å². The minimum absolute atomic E-state index is 0.0127. The van der Waals surface area contributed by atoms with Gasteiger partial charge in [-0.3, -0.25) is 5.32 Å². The number of carbonyl (C=O) groups excluding carboxylic acids is 1. The van der Waals surface area contributed by atoms with Gasteiger partial charge in [-0.2, -0.15) is 12.6 Å². The smallest absolute Gasteiger partial charge is 0.172 e. The van der Waals surface area contributed by atoms with Crippen molar-refractivity contribution in [2.45, 2.75) is 37.2 Å². The van der Waals surface area contributed by atoms with Gasteiger partial charge in [0.1, 0.15) is 6.29 Å². The van der Waals surface area contributed by atoms with Crippen molar-refractivity contribution in [3.8, 4) is 0 Å². The van der Waals surface area contributed by atoms with Gasteiger partial charge in [-0.05, 0) is 6.92 Å². The molecule has 5 heteroatoms. The van der Waals surface area contributed by atoms with Gasteiger partial charge >= 0.3 is 0 Å². The zero-order valence-corrected chi connectivity index (χ0v) is 7.70. The van der Waals surface area contributed by atoms with E-state index in [-0.39, 0.29) is 17.5 Å². The lowest BCUT2D eigenvalue weighted by Crippen LogP contribution is -2.61. The van der Waals surface area contributed by atoms with Crippen LogP contribution in [0.4, 0.5) is 0 Å². The number of rotatable bonds is 4. The first-order valence-electron chi connectivity index (χ1n) is 3.86. The van der Waals surface area contributed by atoms with Crippen LogP contribution >= 0.6 is 12.6 Å². The van der Waals surface area contributed by atoms with Crippen molar-refractivity contribution in [1.82, 2.24) is 5.32 Å². The van der Waals surface area contributed by atoms with E-state index in [9.17, 15) is 4.79 Å². The van der Waals surface area contributed by atoms with Gasteiger partial charge in [0.2, 0.25) is 0 Å². The van der Waals surface area contributed by atoms with Gasteiger partial charge in [-0.1, -0.05) is 0 Å². The van der Waals surface area contributed by atoms with E-state index < -0.39 is 6.29 Å². The SMILES string of the molecule is CC1O[C@@H](O)C1NC(S)CC=O. The summed E-state index contributed by atoms with van der Waals surface area (Å²) >= 11 is 4.11. The van der Waals surface area contributed by atoms with Crippen LogP contribution in [-0.4, -0.2) is 35.2 Å². The maximum absolute atomic E-state index is 10.1. The van der Waals surface area contributed by atoms with E-state index in [0.717, 1.165) is 6.29 Å². The zero-order chi connectivity index (χ0) is 9.14. The van der Waals surface area contributed by atoms with Crippen molar-refractivity contribution in [2.75, 3.05) is 0 Å². The average Bonchev–Trinajstić information content (AvgIpc) is 2.02. The first-order chi connectivity index (χ1) is 5.65. The van der Waals surface area contributed by atoms with Crippen molar-refractivity contribution < 1.29 is 14.6 Å². The first-order valence-corrected chi connectivity index (χ1v) is 4.38. The third kappa shape index (κ3) is 2.20. The van der Waals surface area contributed by atoms with Gasteiger partial charge < -0.3 is 14.6 Å². The zero-order valence-electron chi connectivity index (χ0n) is 6.80. The lowest BCUT2D eigenvalue weighted by Gasteiger charge is -2.41. The average molecular weight is 191 g/mol. The second kappa shape index (κ2) is 4.23. The number of nitrogens with one attached hydrogen (secondary N) is 1. The topological polar surface area (TPSA) is 58.6 Å². The van der Waals surface area contributed by atoms with Crippen molar-refractivity contribution >= 4 is 18.9 Å². The quantitative estimate of drug-likeness (QED) is 0.319. The fourth-order valence-electron chi connectivity index (χ4n) is 1.13. The molecule has 0 aromatic heterocycles. The highest BCUT2D eigenvalue weighted by Crippen LogP contribution is 2.19. The van der Waals surface area contributed by atoms with Crippen LogP contribution < -0.4 is 5.32 Å². The molecule has 0 spiro atoms. The molecule has 70 valence electrons. The Balaban J connectivity index is 2.25. The minimum Gasteiger partial charge on any atom is -0.367 e. The molecular formula is C7H13NO3S. The van der Waals surface area contributed by atoms with Crippen LogP contribution in [-0.2, 0) is 9.53 Å². The van der Waals surface area contributed by atoms with E-state index in [1.54, 1.807) is 0 Å². The monoisotopic (exact) mass is 191 g/mol. The number of aldehydes is 1. The molecule has 4 nitrogen and oxygen atoms in total. The molecule has 1 saturated heterocycles. The summed E-state index contributed by atoms with van der Waals surface area (Å²) in [5.41, 5.74) is 0. The van der Waals surface area contributed by atoms with E-state index in [4.69, 9.17) is 9.84 Å². The molecule has 1 fully saturated rings. The predicted molar refractivity (Wildman–Crippen MR) is 46.9 cm³/mol. The second-order valence-electron chi connectivity index (χ2n) is 2.84. The third-order valence-corrected chi connectivity index (χ3v) is 2.23. The van der Waals surface area contributed by atoms with Crippen molar-refractivity contribution in [1.29, 1.82) is 0 Å². The van der Waals surface area contributed by atoms with Crippen molar-refractivity contribution in [3.05, 3.63) is 0 Å². The Kier molecular flexibility index (Phi) is 3.52. The molecule has 3 unspecified atom stereocenters. The van der Waals surface area contributed by atoms with E-state index >= 15 is 0 Å². The normalized spacial score (nSPS) is 37.1. The highest BCUT2D eigenvalue weighted by atomic mass is 32.1. The molecule has 12 heavy (non-hydrogen) atoms. The summed E-state index contributed by atoms with van der Waals surface area (Å²) in [5.74, 6) is 0. The molecule has 0 aromatic rings. The molecular weight excluding hydrogens is 178 g/mol. The van der Waals surface area contributed by atoms with Crippen LogP contribution in [0.1, 0.15) is 13.3 Å². The third-order valence-electron chi connectivity index (χ3n) is 1.87. The maximum atomic E-state index is 10.1. The number of hydrogen-bond acceptors (Lipinski definition) is 5. The summed E-state index contributed by atoms with van der Waals surface area (Å²) in [5, 5.41) is 11.9. The van der Waals surface area contributed by atoms with Crippen molar-refractivity contribution in [2.24, 2.45) is 0 Å². The summed E-state index contributed by atoms with van der Waals surface area (Å²) in [6, 6.07) is -0.104. The standard InChI is InChI=1S/C7H13NO3S/c1-4-6(7(10)11-4)8-5(12)2-3-9/h3-8,10,12H,2H2,1H3/t4?,5?,6?,7-/m1/s1. The van der Waals surface area contributed by atoms with Gasteiger partial charge in [-0.15, -0.1) is 0 Å². The fraction of sp³-hybridized carbons (Fsp3) is 0.857. The summed E-state index contributed by atoms with van der Waals surface area (Å²) in [6.07, 6.45) is 0.350. The second-order valence-corrected chi connectivity index (χ2v) is 3.47. The summed E-state index contributed by atoms with van der Waals surface area (Å²) in [7, 11) is 0. The predicted octanol–water partition coefficient (Wildman–Crippen LogP) is -0.473. The number of ether oxygens (including phenoxy) is 1. The molecule has 2 N–H and O–H groups in total. The van der Waals surface area contributed by atoms with E-state index in [1.165, 1.54) is 0 Å². The van der Waals surface area contributed by atoms with Crippen LogP contribution in [0.15, 0.2) is 0 Å². The van der Waals surface area contributed by atoms with E-state index in [0.29, 0.717) is 6.42 Å². The van der Waals surface area contributed by atoms with Crippen LogP contribution in [0.25, 0.3) is 0 Å². The van der Waals surface area contributed by atoms with Crippen molar-refractivity contribution in [3.63, 3.8) is 0 Å². The molecule has 1 rings (SSSR count). The maximum Gasteiger partial charge on any atom is 0.172 e. The Morgan fingerprint density at radius 1 is 1.83 bits per heavy atom. The van der Waals surface area contributed by atoms with Crippen LogP contribution in [0.2, 0.25) is 0 Å². The van der Waals surface area contributed by atoms with Gasteiger partial charge in [0, 0.05) is 6.42 Å². The molecule has 0 radical (unpaired) electrons. The fourth-order valence-corrected chi connectivity index (χ4v) is 1.39. The first kappa shape index (κ1) is 9.98. The molecule has 1 aliphatic rings. The molecule has 1 aliphatic heterocycles. The van der Waals surface area contributed by atoms with Gasteiger partial charge in [0.25, 0.3) is 0 Å². The largest absolute Gasteiger partial charge is 0.367 e. The molecule has 0 bridgehead atoms. The summed E-state index contributed by atoms with van der Waals surface area (Å²) in [4.78, 5) is 10.1. The lowest BCUT2D eigenvalue weighted by molar-refractivity contribution is -0.250. The molecule has 0 aromatic carbocycles. The molecule has 0 aliphatic carbocycles. The van der Waals surface area contributed by atoms with Gasteiger partial charge in [0.05, 0.1) is 17.5 Å². The highest BCUT2D eigenvalue weighted by Gasteiger charge is 2.38. The summed E-state index contributed by atoms with van der Waals surface area (Å²) < 4.78 is 4.90. The highest BCUT2D eigenvalue weighted by molar-refractivity contribution is 7.80. The summed E-state index contributed by atoms with van der Waals surface area (Å²) in [6.45, 7) is 1.85. The number of carbonyl (C=O) groups is 1.